The Labute approximate surface area is 228 Å². The molecule has 0 saturated carbocycles. The third-order valence-corrected chi connectivity index (χ3v) is 7.98. The standard InChI is InChI=1S/C29H33N3O6S/c1-20(33)27(31-17-8-18-38-22-9-4-3-5-10-22)26-24-11-6-7-12-25(24)32(28(26)29(34)35)19-21-13-15-23(16-14-21)39(36,37)30-2/h3-7,9-16,20,27,30-31,33H,8,17-19H2,1-2H3,(H,34,35). The van der Waals surface area contributed by atoms with Crippen LogP contribution in [0.15, 0.2) is 83.8 Å². The SMILES string of the molecule is CNS(=O)(=O)c1ccc(Cn2c(C(=O)O)c(C(NCCCOc3ccccc3)C(C)O)c3ccccc32)cc1. The van der Waals surface area contributed by atoms with E-state index >= 15 is 0 Å². The van der Waals surface area contributed by atoms with Gasteiger partial charge in [0, 0.05) is 23.0 Å². The normalized spacial score (nSPS) is 13.3. The monoisotopic (exact) mass is 551 g/mol. The van der Waals surface area contributed by atoms with Crippen molar-refractivity contribution in [3.8, 4) is 5.75 Å². The molecule has 4 N–H and O–H groups in total. The summed E-state index contributed by atoms with van der Waals surface area (Å²) >= 11 is 0. The molecule has 10 heteroatoms. The second kappa shape index (κ2) is 12.4. The molecule has 0 bridgehead atoms. The zero-order chi connectivity index (χ0) is 28.0. The van der Waals surface area contributed by atoms with Crippen LogP contribution in [0, 0.1) is 0 Å². The highest BCUT2D eigenvalue weighted by Crippen LogP contribution is 2.34. The zero-order valence-electron chi connectivity index (χ0n) is 21.9. The molecule has 0 saturated heterocycles. The van der Waals surface area contributed by atoms with Gasteiger partial charge in [-0.25, -0.2) is 17.9 Å². The lowest BCUT2D eigenvalue weighted by Crippen LogP contribution is -2.33. The largest absolute Gasteiger partial charge is 0.494 e. The number of carbonyl (C=O) groups is 1. The highest BCUT2D eigenvalue weighted by atomic mass is 32.2. The Balaban J connectivity index is 1.62. The lowest BCUT2D eigenvalue weighted by atomic mass is 9.98. The average molecular weight is 552 g/mol. The molecule has 0 aliphatic rings. The van der Waals surface area contributed by atoms with Crippen molar-refractivity contribution in [2.24, 2.45) is 0 Å². The number of aromatic carboxylic acids is 1. The van der Waals surface area contributed by atoms with Crippen molar-refractivity contribution >= 4 is 26.9 Å². The number of aliphatic hydroxyl groups is 1. The van der Waals surface area contributed by atoms with Crippen molar-refractivity contribution in [3.05, 3.63) is 95.7 Å². The van der Waals surface area contributed by atoms with Crippen LogP contribution in [-0.4, -0.2) is 55.5 Å². The Hall–Kier alpha value is -3.70. The maximum Gasteiger partial charge on any atom is 0.352 e. The van der Waals surface area contributed by atoms with Gasteiger partial charge in [-0.3, -0.25) is 0 Å². The number of ether oxygens (including phenoxy) is 1. The maximum absolute atomic E-state index is 12.6. The summed E-state index contributed by atoms with van der Waals surface area (Å²) in [6.07, 6.45) is -0.218. The van der Waals surface area contributed by atoms with Crippen molar-refractivity contribution in [1.82, 2.24) is 14.6 Å². The third-order valence-electron chi connectivity index (χ3n) is 6.55. The number of benzene rings is 3. The van der Waals surface area contributed by atoms with E-state index < -0.39 is 28.1 Å². The minimum absolute atomic E-state index is 0.0714. The van der Waals surface area contributed by atoms with Gasteiger partial charge in [0.1, 0.15) is 11.4 Å². The summed E-state index contributed by atoms with van der Waals surface area (Å²) in [4.78, 5) is 12.8. The van der Waals surface area contributed by atoms with Gasteiger partial charge in [-0.2, -0.15) is 0 Å². The first-order valence-corrected chi connectivity index (χ1v) is 14.2. The number of hydrogen-bond acceptors (Lipinski definition) is 6. The van der Waals surface area contributed by atoms with Crippen molar-refractivity contribution in [3.63, 3.8) is 0 Å². The summed E-state index contributed by atoms with van der Waals surface area (Å²) in [5.74, 6) is -0.340. The Bertz CT molecular complexity index is 1520. The first-order chi connectivity index (χ1) is 18.7. The number of hydrogen-bond donors (Lipinski definition) is 4. The minimum Gasteiger partial charge on any atom is -0.494 e. The molecule has 0 spiro atoms. The summed E-state index contributed by atoms with van der Waals surface area (Å²) in [5.41, 5.74) is 2.02. The predicted molar refractivity (Wildman–Crippen MR) is 150 cm³/mol. The molecule has 1 heterocycles. The molecule has 0 amide bonds. The number of rotatable bonds is 13. The highest BCUT2D eigenvalue weighted by Gasteiger charge is 2.30. The van der Waals surface area contributed by atoms with Crippen molar-refractivity contribution in [1.29, 1.82) is 0 Å². The van der Waals surface area contributed by atoms with Crippen LogP contribution in [0.3, 0.4) is 0 Å². The molecule has 39 heavy (non-hydrogen) atoms. The molecule has 2 atom stereocenters. The van der Waals surface area contributed by atoms with Crippen LogP contribution in [0.2, 0.25) is 0 Å². The first kappa shape index (κ1) is 28.3. The molecule has 4 aromatic rings. The molecule has 9 nitrogen and oxygen atoms in total. The number of aliphatic hydroxyl groups excluding tert-OH is 1. The van der Waals surface area contributed by atoms with E-state index in [4.69, 9.17) is 4.74 Å². The highest BCUT2D eigenvalue weighted by molar-refractivity contribution is 7.89. The summed E-state index contributed by atoms with van der Waals surface area (Å²) in [5, 5.41) is 25.1. The van der Waals surface area contributed by atoms with Crippen LogP contribution in [0.4, 0.5) is 0 Å². The predicted octanol–water partition coefficient (Wildman–Crippen LogP) is 3.78. The quantitative estimate of drug-likeness (QED) is 0.186. The Kier molecular flexibility index (Phi) is 9.03. The Morgan fingerprint density at radius 1 is 1.00 bits per heavy atom. The fourth-order valence-corrected chi connectivity index (χ4v) is 5.39. The number of carboxylic acid groups (broad SMARTS) is 1. The van der Waals surface area contributed by atoms with Gasteiger partial charge in [0.05, 0.1) is 23.6 Å². The molecule has 0 fully saturated rings. The van der Waals surface area contributed by atoms with Gasteiger partial charge in [0.15, 0.2) is 0 Å². The van der Waals surface area contributed by atoms with Crippen molar-refractivity contribution < 1.29 is 28.2 Å². The van der Waals surface area contributed by atoms with Crippen molar-refractivity contribution in [2.75, 3.05) is 20.2 Å². The average Bonchev–Trinajstić information content (AvgIpc) is 3.25. The number of nitrogens with one attached hydrogen (secondary N) is 2. The molecule has 0 radical (unpaired) electrons. The van der Waals surface area contributed by atoms with Crippen LogP contribution >= 0.6 is 0 Å². The van der Waals surface area contributed by atoms with Gasteiger partial charge in [-0.05, 0) is 62.8 Å². The zero-order valence-corrected chi connectivity index (χ0v) is 22.7. The van der Waals surface area contributed by atoms with Crippen LogP contribution in [0.5, 0.6) is 5.75 Å². The van der Waals surface area contributed by atoms with E-state index in [1.165, 1.54) is 19.2 Å². The van der Waals surface area contributed by atoms with E-state index in [2.05, 4.69) is 10.0 Å². The molecule has 3 aromatic carbocycles. The number of carboxylic acids is 1. The molecule has 0 aliphatic carbocycles. The fourth-order valence-electron chi connectivity index (χ4n) is 4.66. The fraction of sp³-hybridized carbons (Fsp3) is 0.276. The van der Waals surface area contributed by atoms with E-state index in [1.807, 2.05) is 54.6 Å². The van der Waals surface area contributed by atoms with Gasteiger partial charge in [0.2, 0.25) is 10.0 Å². The molecular formula is C29H33N3O6S. The summed E-state index contributed by atoms with van der Waals surface area (Å²) in [7, 11) is -2.24. The van der Waals surface area contributed by atoms with Crippen LogP contribution in [0.1, 0.15) is 41.0 Å². The Morgan fingerprint density at radius 2 is 1.67 bits per heavy atom. The summed E-state index contributed by atoms with van der Waals surface area (Å²) in [6, 6.07) is 22.5. The molecule has 4 rings (SSSR count). The lowest BCUT2D eigenvalue weighted by Gasteiger charge is -2.23. The topological polar surface area (TPSA) is 130 Å². The third kappa shape index (κ3) is 6.48. The number of para-hydroxylation sites is 2. The van der Waals surface area contributed by atoms with Gasteiger partial charge in [-0.15, -0.1) is 0 Å². The molecule has 206 valence electrons. The Morgan fingerprint density at radius 3 is 2.31 bits per heavy atom. The van der Waals surface area contributed by atoms with Crippen LogP contribution < -0.4 is 14.8 Å². The molecule has 2 unspecified atom stereocenters. The van der Waals surface area contributed by atoms with Gasteiger partial charge >= 0.3 is 5.97 Å². The molecule has 1 aromatic heterocycles. The molecular weight excluding hydrogens is 518 g/mol. The van der Waals surface area contributed by atoms with E-state index in [0.29, 0.717) is 30.7 Å². The van der Waals surface area contributed by atoms with Gasteiger partial charge in [0.25, 0.3) is 0 Å². The number of sulfonamides is 1. The number of fused-ring (bicyclic) bond motifs is 1. The summed E-state index contributed by atoms with van der Waals surface area (Å²) < 4.78 is 33.9. The number of aromatic nitrogens is 1. The van der Waals surface area contributed by atoms with E-state index in [9.17, 15) is 23.4 Å². The van der Waals surface area contributed by atoms with Crippen molar-refractivity contribution in [2.45, 2.75) is 36.9 Å². The molecule has 0 aliphatic heterocycles. The van der Waals surface area contributed by atoms with Crippen LogP contribution in [-0.2, 0) is 16.6 Å². The van der Waals surface area contributed by atoms with Gasteiger partial charge in [-0.1, -0.05) is 48.5 Å². The smallest absolute Gasteiger partial charge is 0.352 e. The minimum atomic E-state index is -3.59. The second-order valence-corrected chi connectivity index (χ2v) is 11.1. The van der Waals surface area contributed by atoms with Crippen LogP contribution in [0.25, 0.3) is 10.9 Å². The second-order valence-electron chi connectivity index (χ2n) is 9.21. The van der Waals surface area contributed by atoms with E-state index in [0.717, 1.165) is 16.7 Å². The van der Waals surface area contributed by atoms with Gasteiger partial charge < -0.3 is 24.8 Å². The first-order valence-electron chi connectivity index (χ1n) is 12.7. The lowest BCUT2D eigenvalue weighted by molar-refractivity contribution is 0.0681. The summed E-state index contributed by atoms with van der Waals surface area (Å²) in [6.45, 7) is 2.81. The van der Waals surface area contributed by atoms with E-state index in [-0.39, 0.29) is 17.1 Å². The number of nitrogens with zero attached hydrogens (tertiary/aromatic N) is 1. The maximum atomic E-state index is 12.6. The van der Waals surface area contributed by atoms with E-state index in [1.54, 1.807) is 23.6 Å².